The molecule has 0 fully saturated rings. The third-order valence-corrected chi connectivity index (χ3v) is 3.87. The molecule has 1 aromatic rings. The lowest BCUT2D eigenvalue weighted by Crippen LogP contribution is -2.46. The molecule has 1 rings (SSSR count). The minimum absolute atomic E-state index is 0.112. The molecule has 0 spiro atoms. The number of amides is 1. The van der Waals surface area contributed by atoms with Crippen LogP contribution in [0, 0.1) is 5.92 Å². The molecule has 1 aromatic carbocycles. The van der Waals surface area contributed by atoms with Crippen LogP contribution in [0.25, 0.3) is 0 Å². The van der Waals surface area contributed by atoms with E-state index in [2.05, 4.69) is 5.32 Å². The summed E-state index contributed by atoms with van der Waals surface area (Å²) in [5, 5.41) is 13.1. The molecule has 0 bridgehead atoms. The zero-order valence-corrected chi connectivity index (χ0v) is 12.7. The van der Waals surface area contributed by atoms with E-state index in [0.717, 1.165) is 12.0 Å². The molecule has 3 atom stereocenters. The van der Waals surface area contributed by atoms with Crippen molar-refractivity contribution in [2.75, 3.05) is 13.7 Å². The van der Waals surface area contributed by atoms with E-state index in [1.54, 1.807) is 6.92 Å². The standard InChI is InChI=1S/C16H25NO3/c1-5-12(2)16(3,19)11-17-15(18)14(20-4)13-9-7-6-8-10-13/h6-10,12,14,19H,5,11H2,1-4H3,(H,17,18). The Morgan fingerprint density at radius 1 is 1.40 bits per heavy atom. The summed E-state index contributed by atoms with van der Waals surface area (Å²) in [5.41, 5.74) is -0.116. The van der Waals surface area contributed by atoms with E-state index < -0.39 is 11.7 Å². The fourth-order valence-corrected chi connectivity index (χ4v) is 2.00. The highest BCUT2D eigenvalue weighted by Gasteiger charge is 2.29. The summed E-state index contributed by atoms with van der Waals surface area (Å²) in [4.78, 5) is 12.2. The summed E-state index contributed by atoms with van der Waals surface area (Å²) in [6.45, 7) is 5.94. The molecule has 20 heavy (non-hydrogen) atoms. The largest absolute Gasteiger partial charge is 0.388 e. The van der Waals surface area contributed by atoms with Crippen LogP contribution in [-0.4, -0.2) is 30.3 Å². The Kier molecular flexibility index (Phi) is 6.17. The van der Waals surface area contributed by atoms with Gasteiger partial charge in [-0.25, -0.2) is 0 Å². The summed E-state index contributed by atoms with van der Waals surface area (Å²) in [7, 11) is 1.50. The average molecular weight is 279 g/mol. The zero-order valence-electron chi connectivity index (χ0n) is 12.7. The second kappa shape index (κ2) is 7.41. The van der Waals surface area contributed by atoms with Gasteiger partial charge in [0.1, 0.15) is 0 Å². The molecule has 0 saturated heterocycles. The highest BCUT2D eigenvalue weighted by atomic mass is 16.5. The van der Waals surface area contributed by atoms with Crippen LogP contribution in [0.5, 0.6) is 0 Å². The maximum atomic E-state index is 12.2. The van der Waals surface area contributed by atoms with Crippen LogP contribution in [0.15, 0.2) is 30.3 Å². The molecule has 0 saturated carbocycles. The maximum absolute atomic E-state index is 12.2. The van der Waals surface area contributed by atoms with Crippen LogP contribution in [0.3, 0.4) is 0 Å². The van der Waals surface area contributed by atoms with Crippen molar-refractivity contribution in [1.29, 1.82) is 0 Å². The van der Waals surface area contributed by atoms with Crippen molar-refractivity contribution in [3.05, 3.63) is 35.9 Å². The Morgan fingerprint density at radius 2 is 2.00 bits per heavy atom. The fourth-order valence-electron chi connectivity index (χ4n) is 2.00. The maximum Gasteiger partial charge on any atom is 0.253 e. The third-order valence-electron chi connectivity index (χ3n) is 3.87. The lowest BCUT2D eigenvalue weighted by atomic mass is 9.88. The molecule has 4 nitrogen and oxygen atoms in total. The van der Waals surface area contributed by atoms with Gasteiger partial charge in [-0.2, -0.15) is 0 Å². The first-order chi connectivity index (χ1) is 9.42. The second-order valence-corrected chi connectivity index (χ2v) is 5.41. The van der Waals surface area contributed by atoms with E-state index in [1.165, 1.54) is 7.11 Å². The monoisotopic (exact) mass is 279 g/mol. The number of benzene rings is 1. The summed E-state index contributed by atoms with van der Waals surface area (Å²) >= 11 is 0. The van der Waals surface area contributed by atoms with Crippen molar-refractivity contribution < 1.29 is 14.6 Å². The molecule has 4 heteroatoms. The van der Waals surface area contributed by atoms with Gasteiger partial charge in [0.2, 0.25) is 0 Å². The van der Waals surface area contributed by atoms with Gasteiger partial charge in [0.15, 0.2) is 6.10 Å². The average Bonchev–Trinajstić information content (AvgIpc) is 2.46. The molecule has 0 heterocycles. The number of hydrogen-bond acceptors (Lipinski definition) is 3. The number of carbonyl (C=O) groups is 1. The number of aliphatic hydroxyl groups is 1. The van der Waals surface area contributed by atoms with Crippen molar-refractivity contribution in [3.63, 3.8) is 0 Å². The molecular formula is C16H25NO3. The van der Waals surface area contributed by atoms with Crippen LogP contribution < -0.4 is 5.32 Å². The highest BCUT2D eigenvalue weighted by Crippen LogP contribution is 2.20. The SMILES string of the molecule is CCC(C)C(C)(O)CNC(=O)C(OC)c1ccccc1. The van der Waals surface area contributed by atoms with Gasteiger partial charge in [0.05, 0.1) is 5.60 Å². The fraction of sp³-hybridized carbons (Fsp3) is 0.562. The van der Waals surface area contributed by atoms with Crippen molar-refractivity contribution in [2.45, 2.75) is 38.9 Å². The summed E-state index contributed by atoms with van der Waals surface area (Å²) < 4.78 is 5.26. The molecule has 3 unspecified atom stereocenters. The van der Waals surface area contributed by atoms with Gasteiger partial charge >= 0.3 is 0 Å². The van der Waals surface area contributed by atoms with Crippen LogP contribution in [0.1, 0.15) is 38.9 Å². The lowest BCUT2D eigenvalue weighted by Gasteiger charge is -2.30. The van der Waals surface area contributed by atoms with Gasteiger partial charge < -0.3 is 15.2 Å². The molecule has 112 valence electrons. The summed E-state index contributed by atoms with van der Waals surface area (Å²) in [5.74, 6) is -0.122. The molecule has 2 N–H and O–H groups in total. The van der Waals surface area contributed by atoms with E-state index in [0.29, 0.717) is 0 Å². The molecule has 0 aliphatic rings. The quantitative estimate of drug-likeness (QED) is 0.805. The number of rotatable bonds is 7. The molecule has 0 aromatic heterocycles. The molecule has 1 amide bonds. The van der Waals surface area contributed by atoms with Crippen LogP contribution in [0.4, 0.5) is 0 Å². The Balaban J connectivity index is 2.66. The van der Waals surface area contributed by atoms with Gasteiger partial charge in [0, 0.05) is 13.7 Å². The Labute approximate surface area is 121 Å². The van der Waals surface area contributed by atoms with E-state index in [4.69, 9.17) is 4.74 Å². The normalized spacial score (nSPS) is 17.1. The smallest absolute Gasteiger partial charge is 0.253 e. The Morgan fingerprint density at radius 3 is 2.50 bits per heavy atom. The minimum atomic E-state index is -0.917. The topological polar surface area (TPSA) is 58.6 Å². The molecule has 0 aliphatic heterocycles. The van der Waals surface area contributed by atoms with Crippen molar-refractivity contribution in [3.8, 4) is 0 Å². The molecule has 0 radical (unpaired) electrons. The van der Waals surface area contributed by atoms with Gasteiger partial charge in [-0.05, 0) is 18.4 Å². The van der Waals surface area contributed by atoms with Gasteiger partial charge in [0.25, 0.3) is 5.91 Å². The van der Waals surface area contributed by atoms with Crippen molar-refractivity contribution in [2.24, 2.45) is 5.92 Å². The summed E-state index contributed by atoms with van der Waals surface area (Å²) in [6.07, 6.45) is 0.207. The first-order valence-corrected chi connectivity index (χ1v) is 7.00. The van der Waals surface area contributed by atoms with Crippen LogP contribution in [0.2, 0.25) is 0 Å². The van der Waals surface area contributed by atoms with Gasteiger partial charge in [-0.15, -0.1) is 0 Å². The zero-order chi connectivity index (χ0) is 15.2. The number of ether oxygens (including phenoxy) is 1. The predicted octanol–water partition coefficient (Wildman–Crippen LogP) is 2.29. The third kappa shape index (κ3) is 4.32. The predicted molar refractivity (Wildman–Crippen MR) is 79.3 cm³/mol. The number of carbonyl (C=O) groups excluding carboxylic acids is 1. The highest BCUT2D eigenvalue weighted by molar-refractivity contribution is 5.82. The molecular weight excluding hydrogens is 254 g/mol. The van der Waals surface area contributed by atoms with Crippen molar-refractivity contribution >= 4 is 5.91 Å². The van der Waals surface area contributed by atoms with E-state index in [-0.39, 0.29) is 18.4 Å². The van der Waals surface area contributed by atoms with Crippen LogP contribution >= 0.6 is 0 Å². The number of hydrogen-bond donors (Lipinski definition) is 2. The van der Waals surface area contributed by atoms with Gasteiger partial charge in [-0.1, -0.05) is 50.6 Å². The van der Waals surface area contributed by atoms with E-state index in [1.807, 2.05) is 44.2 Å². The van der Waals surface area contributed by atoms with E-state index >= 15 is 0 Å². The van der Waals surface area contributed by atoms with Gasteiger partial charge in [-0.3, -0.25) is 4.79 Å². The van der Waals surface area contributed by atoms with Crippen LogP contribution in [-0.2, 0) is 9.53 Å². The second-order valence-electron chi connectivity index (χ2n) is 5.41. The van der Waals surface area contributed by atoms with E-state index in [9.17, 15) is 9.90 Å². The lowest BCUT2D eigenvalue weighted by molar-refractivity contribution is -0.133. The Bertz CT molecular complexity index is 417. The number of nitrogens with one attached hydrogen (secondary N) is 1. The first-order valence-electron chi connectivity index (χ1n) is 7.00. The number of methoxy groups -OCH3 is 1. The van der Waals surface area contributed by atoms with Crippen molar-refractivity contribution in [1.82, 2.24) is 5.32 Å². The minimum Gasteiger partial charge on any atom is -0.388 e. The first kappa shape index (κ1) is 16.7. The Hall–Kier alpha value is -1.39. The summed E-state index contributed by atoms with van der Waals surface area (Å²) in [6, 6.07) is 9.32. The molecule has 0 aliphatic carbocycles.